The van der Waals surface area contributed by atoms with Gasteiger partial charge in [0.2, 0.25) is 5.95 Å². The summed E-state index contributed by atoms with van der Waals surface area (Å²) < 4.78 is 76.2. The number of halogens is 6. The van der Waals surface area contributed by atoms with E-state index in [1.54, 1.807) is 0 Å². The van der Waals surface area contributed by atoms with Crippen molar-refractivity contribution in [3.63, 3.8) is 0 Å². The van der Waals surface area contributed by atoms with Gasteiger partial charge in [-0.25, -0.2) is 9.97 Å². The summed E-state index contributed by atoms with van der Waals surface area (Å²) in [6.07, 6.45) is -8.15. The molecule has 0 radical (unpaired) electrons. The Labute approximate surface area is 103 Å². The zero-order valence-electron chi connectivity index (χ0n) is 9.35. The molecule has 0 bridgehead atoms. The lowest BCUT2D eigenvalue weighted by atomic mass is 10.4. The van der Waals surface area contributed by atoms with Crippen molar-refractivity contribution in [1.29, 1.82) is 0 Å². The van der Waals surface area contributed by atoms with Gasteiger partial charge in [0, 0.05) is 12.7 Å². The fourth-order valence-corrected chi connectivity index (χ4v) is 1.02. The lowest BCUT2D eigenvalue weighted by Gasteiger charge is -2.09. The van der Waals surface area contributed by atoms with Gasteiger partial charge in [0.1, 0.15) is 12.3 Å². The van der Waals surface area contributed by atoms with Gasteiger partial charge >= 0.3 is 12.4 Å². The molecular formula is C9H9F6N3O. The zero-order chi connectivity index (χ0) is 14.5. The molecule has 108 valence electrons. The minimum Gasteiger partial charge on any atom is -0.370 e. The van der Waals surface area contributed by atoms with Crippen LogP contribution in [0.1, 0.15) is 5.69 Å². The molecule has 0 aliphatic heterocycles. The van der Waals surface area contributed by atoms with Crippen LogP contribution >= 0.6 is 0 Å². The second kappa shape index (κ2) is 6.04. The predicted molar refractivity (Wildman–Crippen MR) is 52.4 cm³/mol. The molecule has 0 unspecified atom stereocenters. The molecule has 0 amide bonds. The van der Waals surface area contributed by atoms with E-state index in [-0.39, 0.29) is 19.1 Å². The average Bonchev–Trinajstić information content (AvgIpc) is 2.26. The molecule has 19 heavy (non-hydrogen) atoms. The largest absolute Gasteiger partial charge is 0.433 e. The molecule has 1 aromatic heterocycles. The maximum Gasteiger partial charge on any atom is 0.433 e. The van der Waals surface area contributed by atoms with E-state index in [4.69, 9.17) is 0 Å². The SMILES string of the molecule is FC(F)(F)COCCNc1nccc(C(F)(F)F)n1. The third-order valence-corrected chi connectivity index (χ3v) is 1.74. The molecule has 0 atom stereocenters. The van der Waals surface area contributed by atoms with Gasteiger partial charge in [0.25, 0.3) is 0 Å². The number of hydrogen-bond donors (Lipinski definition) is 1. The Morgan fingerprint density at radius 3 is 2.42 bits per heavy atom. The Morgan fingerprint density at radius 2 is 1.84 bits per heavy atom. The average molecular weight is 289 g/mol. The van der Waals surface area contributed by atoms with Crippen LogP contribution in [0.4, 0.5) is 32.3 Å². The minimum absolute atomic E-state index is 0.141. The van der Waals surface area contributed by atoms with E-state index >= 15 is 0 Å². The molecule has 1 N–H and O–H groups in total. The predicted octanol–water partition coefficient (Wildman–Crippen LogP) is 2.49. The molecule has 10 heteroatoms. The summed E-state index contributed by atoms with van der Waals surface area (Å²) in [7, 11) is 0. The van der Waals surface area contributed by atoms with Crippen LogP contribution in [-0.2, 0) is 10.9 Å². The third kappa shape index (κ3) is 6.22. The highest BCUT2D eigenvalue weighted by Crippen LogP contribution is 2.27. The number of nitrogens with zero attached hydrogens (tertiary/aromatic N) is 2. The van der Waals surface area contributed by atoms with Crippen LogP contribution in [0.15, 0.2) is 12.3 Å². The first kappa shape index (κ1) is 15.5. The van der Waals surface area contributed by atoms with Crippen molar-refractivity contribution >= 4 is 5.95 Å². The van der Waals surface area contributed by atoms with E-state index in [0.29, 0.717) is 6.07 Å². The summed E-state index contributed by atoms with van der Waals surface area (Å²) in [6.45, 7) is -1.89. The normalized spacial score (nSPS) is 12.5. The van der Waals surface area contributed by atoms with Crippen LogP contribution in [0.25, 0.3) is 0 Å². The summed E-state index contributed by atoms with van der Waals surface area (Å²) in [5.74, 6) is -0.328. The molecule has 4 nitrogen and oxygen atoms in total. The van der Waals surface area contributed by atoms with E-state index in [1.807, 2.05) is 0 Å². The number of hydrogen-bond acceptors (Lipinski definition) is 4. The first-order chi connectivity index (χ1) is 8.68. The van der Waals surface area contributed by atoms with Crippen molar-refractivity contribution in [3.8, 4) is 0 Å². The topological polar surface area (TPSA) is 47.0 Å². The third-order valence-electron chi connectivity index (χ3n) is 1.74. The fraction of sp³-hybridized carbons (Fsp3) is 0.556. The number of aromatic nitrogens is 2. The Balaban J connectivity index is 2.38. The fourth-order valence-electron chi connectivity index (χ4n) is 1.02. The molecule has 1 heterocycles. The van der Waals surface area contributed by atoms with Crippen LogP contribution in [0.3, 0.4) is 0 Å². The van der Waals surface area contributed by atoms with Crippen LogP contribution in [0, 0.1) is 0 Å². The van der Waals surface area contributed by atoms with Crippen molar-refractivity contribution < 1.29 is 31.1 Å². The summed E-state index contributed by atoms with van der Waals surface area (Å²) in [5, 5.41) is 2.33. The molecule has 0 spiro atoms. The molecule has 0 fully saturated rings. The van der Waals surface area contributed by atoms with Crippen molar-refractivity contribution in [1.82, 2.24) is 9.97 Å². The van der Waals surface area contributed by atoms with E-state index < -0.39 is 24.7 Å². The highest BCUT2D eigenvalue weighted by molar-refractivity contribution is 5.25. The summed E-state index contributed by atoms with van der Waals surface area (Å²) in [4.78, 5) is 6.66. The van der Waals surface area contributed by atoms with Crippen molar-refractivity contribution in [2.75, 3.05) is 25.1 Å². The molecule has 0 aliphatic rings. The summed E-state index contributed by atoms with van der Waals surface area (Å²) in [6, 6.07) is 0.686. The molecule has 0 saturated carbocycles. The first-order valence-corrected chi connectivity index (χ1v) is 4.97. The minimum atomic E-state index is -4.61. The van der Waals surface area contributed by atoms with Crippen LogP contribution in [-0.4, -0.2) is 35.9 Å². The van der Waals surface area contributed by atoms with Gasteiger partial charge < -0.3 is 10.1 Å². The second-order valence-electron chi connectivity index (χ2n) is 3.36. The van der Waals surface area contributed by atoms with Gasteiger partial charge in [-0.05, 0) is 6.07 Å². The first-order valence-electron chi connectivity index (χ1n) is 4.97. The number of rotatable bonds is 5. The molecule has 0 aliphatic carbocycles. The van der Waals surface area contributed by atoms with Gasteiger partial charge in [0.15, 0.2) is 0 Å². The lowest BCUT2D eigenvalue weighted by Crippen LogP contribution is -2.20. The van der Waals surface area contributed by atoms with Gasteiger partial charge in [-0.2, -0.15) is 26.3 Å². The highest BCUT2D eigenvalue weighted by Gasteiger charge is 2.32. The van der Waals surface area contributed by atoms with Crippen LogP contribution < -0.4 is 5.32 Å². The molecule has 1 aromatic rings. The van der Waals surface area contributed by atoms with Gasteiger partial charge in [-0.3, -0.25) is 0 Å². The van der Waals surface area contributed by atoms with Crippen molar-refractivity contribution in [2.24, 2.45) is 0 Å². The quantitative estimate of drug-likeness (QED) is 0.668. The Bertz CT molecular complexity index is 406. The highest BCUT2D eigenvalue weighted by atomic mass is 19.4. The van der Waals surface area contributed by atoms with E-state index in [0.717, 1.165) is 6.20 Å². The van der Waals surface area contributed by atoms with E-state index in [2.05, 4.69) is 20.0 Å². The Hall–Kier alpha value is -1.58. The standard InChI is InChI=1S/C9H9F6N3O/c10-8(11,12)5-19-4-3-17-7-16-2-1-6(18-7)9(13,14)15/h1-2H,3-5H2,(H,16,17,18). The molecule has 0 saturated heterocycles. The second-order valence-corrected chi connectivity index (χ2v) is 3.36. The van der Waals surface area contributed by atoms with Gasteiger partial charge in [0.05, 0.1) is 6.61 Å². The maximum absolute atomic E-state index is 12.3. The van der Waals surface area contributed by atoms with Crippen molar-refractivity contribution in [3.05, 3.63) is 18.0 Å². The molecular weight excluding hydrogens is 280 g/mol. The number of nitrogens with one attached hydrogen (secondary N) is 1. The lowest BCUT2D eigenvalue weighted by molar-refractivity contribution is -0.172. The summed E-state index contributed by atoms with van der Waals surface area (Å²) >= 11 is 0. The van der Waals surface area contributed by atoms with E-state index in [1.165, 1.54) is 0 Å². The Morgan fingerprint density at radius 1 is 1.16 bits per heavy atom. The molecule has 1 rings (SSSR count). The zero-order valence-corrected chi connectivity index (χ0v) is 9.35. The summed E-state index contributed by atoms with van der Waals surface area (Å²) in [5.41, 5.74) is -1.14. The van der Waals surface area contributed by atoms with Gasteiger partial charge in [-0.15, -0.1) is 0 Å². The van der Waals surface area contributed by atoms with Crippen molar-refractivity contribution in [2.45, 2.75) is 12.4 Å². The van der Waals surface area contributed by atoms with Crippen LogP contribution in [0.5, 0.6) is 0 Å². The number of ether oxygens (including phenoxy) is 1. The monoisotopic (exact) mass is 289 g/mol. The Kier molecular flexibility index (Phi) is 4.92. The maximum atomic E-state index is 12.3. The smallest absolute Gasteiger partial charge is 0.370 e. The van der Waals surface area contributed by atoms with Gasteiger partial charge in [-0.1, -0.05) is 0 Å². The van der Waals surface area contributed by atoms with Crippen LogP contribution in [0.2, 0.25) is 0 Å². The number of alkyl halides is 6. The van der Waals surface area contributed by atoms with E-state index in [9.17, 15) is 26.3 Å². The molecule has 0 aromatic carbocycles. The number of anilines is 1.